The van der Waals surface area contributed by atoms with Gasteiger partial charge >= 0.3 is 0 Å². The Kier molecular flexibility index (Phi) is 7.16. The molecule has 0 aliphatic carbocycles. The minimum absolute atomic E-state index is 0. The number of halogens is 2. The summed E-state index contributed by atoms with van der Waals surface area (Å²) in [5.74, 6) is 0.724. The molecule has 0 spiro atoms. The van der Waals surface area contributed by atoms with Crippen LogP contribution in [0.2, 0.25) is 0 Å². The highest BCUT2D eigenvalue weighted by Gasteiger charge is 2.30. The molecule has 1 aromatic carbocycles. The zero-order chi connectivity index (χ0) is 19.7. The molecule has 5 nitrogen and oxygen atoms in total. The molecule has 1 unspecified atom stereocenters. The third-order valence-electron chi connectivity index (χ3n) is 5.41. The number of aliphatic imine (C=N–C) groups is 1. The topological polar surface area (TPSA) is 40.1 Å². The fourth-order valence-electron chi connectivity index (χ4n) is 3.83. The maximum atomic E-state index is 13.8. The average Bonchev–Trinajstić information content (AvgIpc) is 2.96. The van der Waals surface area contributed by atoms with Gasteiger partial charge in [0.2, 0.25) is 0 Å². The Morgan fingerprint density at radius 1 is 1.31 bits per heavy atom. The van der Waals surface area contributed by atoms with E-state index >= 15 is 0 Å². The predicted molar refractivity (Wildman–Crippen MR) is 121 cm³/mol. The molecule has 0 bridgehead atoms. The Bertz CT molecular complexity index is 888. The summed E-state index contributed by atoms with van der Waals surface area (Å²) in [5, 5.41) is 4.44. The molecule has 1 atom stereocenters. The van der Waals surface area contributed by atoms with Crippen molar-refractivity contribution in [3.05, 3.63) is 40.5 Å². The number of fused-ring (bicyclic) bond motifs is 2. The van der Waals surface area contributed by atoms with Crippen molar-refractivity contribution in [2.45, 2.75) is 26.3 Å². The fourth-order valence-corrected chi connectivity index (χ4v) is 4.75. The van der Waals surface area contributed by atoms with Gasteiger partial charge in [-0.25, -0.2) is 9.38 Å². The Labute approximate surface area is 182 Å². The van der Waals surface area contributed by atoms with Gasteiger partial charge in [-0.3, -0.25) is 4.90 Å². The first-order valence-electron chi connectivity index (χ1n) is 9.84. The first kappa shape index (κ1) is 22.0. The van der Waals surface area contributed by atoms with Crippen molar-refractivity contribution in [2.24, 2.45) is 4.99 Å². The molecular formula is C21H28ClFN4OS. The molecule has 3 heterocycles. The maximum Gasteiger partial charge on any atom is 0.139 e. The highest BCUT2D eigenvalue weighted by Crippen LogP contribution is 2.39. The number of hydrogen-bond donors (Lipinski definition) is 1. The SMILES string of the molecule is CCOCCC1CN(C2=Nc3ccc(F)cc3Nc3sc(C)cc32)CCN1C.Cl. The number of rotatable bonds is 4. The quantitative estimate of drug-likeness (QED) is 0.696. The van der Waals surface area contributed by atoms with Crippen LogP contribution in [0.4, 0.5) is 20.8 Å². The second kappa shape index (κ2) is 9.43. The van der Waals surface area contributed by atoms with Crippen molar-refractivity contribution in [2.75, 3.05) is 45.2 Å². The molecule has 0 radical (unpaired) electrons. The lowest BCUT2D eigenvalue weighted by molar-refractivity contribution is 0.0843. The van der Waals surface area contributed by atoms with Crippen LogP contribution in [0.3, 0.4) is 0 Å². The number of ether oxygens (including phenoxy) is 1. The maximum absolute atomic E-state index is 13.8. The summed E-state index contributed by atoms with van der Waals surface area (Å²) in [4.78, 5) is 11.0. The lowest BCUT2D eigenvalue weighted by Gasteiger charge is -2.41. The van der Waals surface area contributed by atoms with Crippen LogP contribution in [0.1, 0.15) is 23.8 Å². The summed E-state index contributed by atoms with van der Waals surface area (Å²) < 4.78 is 19.4. The van der Waals surface area contributed by atoms with Gasteiger partial charge in [-0.05, 0) is 51.6 Å². The Balaban J connectivity index is 0.00000240. The van der Waals surface area contributed by atoms with E-state index in [0.717, 1.165) is 67.0 Å². The van der Waals surface area contributed by atoms with Crippen molar-refractivity contribution in [3.63, 3.8) is 0 Å². The fraction of sp³-hybridized carbons (Fsp3) is 0.476. The lowest BCUT2D eigenvalue weighted by atomic mass is 10.1. The van der Waals surface area contributed by atoms with Crippen molar-refractivity contribution in [1.29, 1.82) is 0 Å². The molecule has 2 aliphatic rings. The standard InChI is InChI=1S/C21H27FN4OS.ClH/c1-4-27-10-7-16-13-26(9-8-25(16)3)20-17-11-14(2)28-21(17)24-19-12-15(22)5-6-18(19)23-20;/h5-6,11-12,16,24H,4,7-10,13H2,1-3H3;1H. The summed E-state index contributed by atoms with van der Waals surface area (Å²) in [6.07, 6.45) is 1.00. The van der Waals surface area contributed by atoms with Gasteiger partial charge in [-0.2, -0.15) is 0 Å². The number of hydrogen-bond acceptors (Lipinski definition) is 6. The first-order valence-corrected chi connectivity index (χ1v) is 10.7. The van der Waals surface area contributed by atoms with Crippen LogP contribution in [0.5, 0.6) is 0 Å². The monoisotopic (exact) mass is 438 g/mol. The number of thiophene rings is 1. The van der Waals surface area contributed by atoms with Crippen LogP contribution < -0.4 is 5.32 Å². The van der Waals surface area contributed by atoms with Crippen LogP contribution in [0.15, 0.2) is 29.3 Å². The van der Waals surface area contributed by atoms with E-state index in [9.17, 15) is 4.39 Å². The number of nitrogens with one attached hydrogen (secondary N) is 1. The average molecular weight is 439 g/mol. The van der Waals surface area contributed by atoms with E-state index in [-0.39, 0.29) is 18.2 Å². The summed E-state index contributed by atoms with van der Waals surface area (Å²) in [6.45, 7) is 8.48. The first-order chi connectivity index (χ1) is 13.5. The third kappa shape index (κ3) is 4.74. The summed E-state index contributed by atoms with van der Waals surface area (Å²) in [6, 6.07) is 7.36. The minimum Gasteiger partial charge on any atom is -0.382 e. The van der Waals surface area contributed by atoms with Gasteiger partial charge in [0, 0.05) is 43.8 Å². The Morgan fingerprint density at radius 3 is 2.93 bits per heavy atom. The zero-order valence-corrected chi connectivity index (χ0v) is 18.7. The van der Waals surface area contributed by atoms with E-state index in [1.165, 1.54) is 17.0 Å². The van der Waals surface area contributed by atoms with Gasteiger partial charge in [0.15, 0.2) is 0 Å². The van der Waals surface area contributed by atoms with Gasteiger partial charge in [0.05, 0.1) is 16.9 Å². The van der Waals surface area contributed by atoms with Crippen LogP contribution in [-0.2, 0) is 4.74 Å². The van der Waals surface area contributed by atoms with Gasteiger partial charge < -0.3 is 15.0 Å². The number of anilines is 2. The Hall–Kier alpha value is -1.67. The largest absolute Gasteiger partial charge is 0.382 e. The Morgan fingerprint density at radius 2 is 2.14 bits per heavy atom. The normalized spacial score (nSPS) is 18.8. The molecule has 1 saturated heterocycles. The number of amidine groups is 1. The highest BCUT2D eigenvalue weighted by atomic mass is 35.5. The lowest BCUT2D eigenvalue weighted by Crippen LogP contribution is -2.53. The van der Waals surface area contributed by atoms with Crippen LogP contribution >= 0.6 is 23.7 Å². The second-order valence-corrected chi connectivity index (χ2v) is 8.64. The molecular weight excluding hydrogens is 411 g/mol. The molecule has 0 amide bonds. The molecule has 4 rings (SSSR count). The van der Waals surface area contributed by atoms with Crippen LogP contribution in [0, 0.1) is 12.7 Å². The second-order valence-electron chi connectivity index (χ2n) is 7.39. The minimum atomic E-state index is -0.254. The van der Waals surface area contributed by atoms with Crippen LogP contribution in [0.25, 0.3) is 0 Å². The highest BCUT2D eigenvalue weighted by molar-refractivity contribution is 7.16. The molecule has 8 heteroatoms. The third-order valence-corrected chi connectivity index (χ3v) is 6.37. The molecule has 1 N–H and O–H groups in total. The molecule has 158 valence electrons. The van der Waals surface area contributed by atoms with Crippen molar-refractivity contribution >= 4 is 46.0 Å². The summed E-state index contributed by atoms with van der Waals surface area (Å²) >= 11 is 1.69. The van der Waals surface area contributed by atoms with Gasteiger partial charge in [0.1, 0.15) is 16.7 Å². The molecule has 29 heavy (non-hydrogen) atoms. The van der Waals surface area contributed by atoms with Gasteiger partial charge in [0.25, 0.3) is 0 Å². The molecule has 1 fully saturated rings. The van der Waals surface area contributed by atoms with E-state index in [2.05, 4.69) is 35.2 Å². The summed E-state index contributed by atoms with van der Waals surface area (Å²) in [5.41, 5.74) is 2.61. The molecule has 2 aromatic rings. The van der Waals surface area contributed by atoms with Crippen molar-refractivity contribution in [1.82, 2.24) is 9.80 Å². The van der Waals surface area contributed by atoms with E-state index in [4.69, 9.17) is 9.73 Å². The zero-order valence-electron chi connectivity index (χ0n) is 17.1. The van der Waals surface area contributed by atoms with E-state index in [1.807, 2.05) is 6.92 Å². The number of benzene rings is 1. The number of piperazine rings is 1. The van der Waals surface area contributed by atoms with Gasteiger partial charge in [-0.15, -0.1) is 23.7 Å². The van der Waals surface area contributed by atoms with Gasteiger partial charge in [-0.1, -0.05) is 0 Å². The number of aryl methyl sites for hydroxylation is 1. The van der Waals surface area contributed by atoms with Crippen molar-refractivity contribution in [3.8, 4) is 0 Å². The van der Waals surface area contributed by atoms with E-state index in [0.29, 0.717) is 6.04 Å². The van der Waals surface area contributed by atoms with E-state index in [1.54, 1.807) is 17.4 Å². The number of likely N-dealkylation sites (N-methyl/N-ethyl adjacent to an activating group) is 1. The van der Waals surface area contributed by atoms with E-state index < -0.39 is 0 Å². The molecule has 0 saturated carbocycles. The van der Waals surface area contributed by atoms with Crippen molar-refractivity contribution < 1.29 is 9.13 Å². The van der Waals surface area contributed by atoms with Crippen LogP contribution in [-0.4, -0.2) is 61.6 Å². The summed E-state index contributed by atoms with van der Waals surface area (Å²) in [7, 11) is 2.18. The molecule has 1 aromatic heterocycles. The molecule has 2 aliphatic heterocycles. The number of nitrogens with zero attached hydrogens (tertiary/aromatic N) is 3. The smallest absolute Gasteiger partial charge is 0.139 e. The predicted octanol–water partition coefficient (Wildman–Crippen LogP) is 4.80.